The largest absolute Gasteiger partial charge is 0.390 e. The average Bonchev–Trinajstić information content (AvgIpc) is 3.02. The normalized spacial score (nSPS) is 19.7. The zero-order chi connectivity index (χ0) is 21.4. The van der Waals surface area contributed by atoms with E-state index in [1.807, 2.05) is 34.6 Å². The fourth-order valence-corrected chi connectivity index (χ4v) is 4.33. The van der Waals surface area contributed by atoms with Crippen LogP contribution in [-0.4, -0.2) is 62.3 Å². The fraction of sp³-hybridized carbons (Fsp3) is 0.318. The average molecular weight is 469 g/mol. The number of aromatic nitrogens is 2. The lowest BCUT2D eigenvalue weighted by Crippen LogP contribution is -2.48. The molecule has 2 N–H and O–H groups in total. The number of carbonyl (C=O) groups excluding carboxylic acids is 1. The zero-order valence-electron chi connectivity index (χ0n) is 16.4. The van der Waals surface area contributed by atoms with Gasteiger partial charge in [0, 0.05) is 35.1 Å². The van der Waals surface area contributed by atoms with Crippen LogP contribution in [0.5, 0.6) is 0 Å². The number of carbonyl (C=O) groups is 1. The second-order valence-electron chi connectivity index (χ2n) is 7.53. The molecule has 0 spiro atoms. The van der Waals surface area contributed by atoms with E-state index in [1.165, 1.54) is 0 Å². The van der Waals surface area contributed by atoms with Crippen LogP contribution in [0.2, 0.25) is 0 Å². The van der Waals surface area contributed by atoms with Gasteiger partial charge in [0.25, 0.3) is 0 Å². The van der Waals surface area contributed by atoms with E-state index in [1.54, 1.807) is 18.3 Å². The summed E-state index contributed by atoms with van der Waals surface area (Å²) in [6.45, 7) is 10.0. The third kappa shape index (κ3) is 3.77. The second-order valence-corrected chi connectivity index (χ2v) is 8.44. The van der Waals surface area contributed by atoms with Crippen LogP contribution in [0.15, 0.2) is 41.0 Å². The third-order valence-electron chi connectivity index (χ3n) is 5.52. The lowest BCUT2D eigenvalue weighted by atomic mass is 10.0. The summed E-state index contributed by atoms with van der Waals surface area (Å²) in [4.78, 5) is 23.1. The molecule has 1 aliphatic rings. The van der Waals surface area contributed by atoms with Gasteiger partial charge >= 0.3 is 0 Å². The van der Waals surface area contributed by atoms with Crippen molar-refractivity contribution in [3.63, 3.8) is 0 Å². The highest BCUT2D eigenvalue weighted by Crippen LogP contribution is 2.31. The molecule has 7 nitrogen and oxygen atoms in total. The number of ketones is 1. The lowest BCUT2D eigenvalue weighted by molar-refractivity contribution is -0.0363. The van der Waals surface area contributed by atoms with Crippen molar-refractivity contribution >= 4 is 38.4 Å². The number of β-amino-alcohol motifs (C(OH)–C–C–N with tert-alkyl or cyclic N) is 1. The molecule has 154 valence electrons. The minimum atomic E-state index is -0.843. The van der Waals surface area contributed by atoms with Gasteiger partial charge in [0.1, 0.15) is 0 Å². The quantitative estimate of drug-likeness (QED) is 0.453. The first-order valence-corrected chi connectivity index (χ1v) is 10.4. The number of pyridine rings is 1. The summed E-state index contributed by atoms with van der Waals surface area (Å²) in [5.41, 5.74) is 4.14. The molecule has 1 saturated heterocycles. The SMILES string of the molecule is [C-]#[N+]c1ccc(-n2c(C)c(C(=O)CN3CC[C@H](O)[C@H](O)C3)c3ncc(Br)cc32)cc1. The monoisotopic (exact) mass is 468 g/mol. The molecule has 1 fully saturated rings. The number of fused-ring (bicyclic) bond motifs is 1. The second kappa shape index (κ2) is 8.28. The summed E-state index contributed by atoms with van der Waals surface area (Å²) in [7, 11) is 0. The molecule has 0 saturated carbocycles. The summed E-state index contributed by atoms with van der Waals surface area (Å²) in [6.07, 6.45) is 0.529. The first-order valence-electron chi connectivity index (χ1n) is 9.65. The number of piperidine rings is 1. The molecule has 0 amide bonds. The number of hydrogen-bond donors (Lipinski definition) is 2. The van der Waals surface area contributed by atoms with Gasteiger partial charge in [-0.05, 0) is 47.5 Å². The molecule has 1 aromatic carbocycles. The van der Waals surface area contributed by atoms with Crippen molar-refractivity contribution in [3.05, 3.63) is 63.7 Å². The minimum Gasteiger partial charge on any atom is -0.390 e. The molecular formula is C22H21BrN4O3. The number of nitrogens with zero attached hydrogens (tertiary/aromatic N) is 4. The zero-order valence-corrected chi connectivity index (χ0v) is 18.0. The third-order valence-corrected chi connectivity index (χ3v) is 5.96. The molecule has 0 unspecified atom stereocenters. The van der Waals surface area contributed by atoms with E-state index in [0.29, 0.717) is 29.7 Å². The molecule has 0 bridgehead atoms. The van der Waals surface area contributed by atoms with Crippen molar-refractivity contribution in [2.45, 2.75) is 25.6 Å². The predicted octanol–water partition coefficient (Wildman–Crippen LogP) is 3.26. The number of likely N-dealkylation sites (tertiary alicyclic amines) is 1. The molecule has 0 aliphatic carbocycles. The highest BCUT2D eigenvalue weighted by molar-refractivity contribution is 9.10. The Hall–Kier alpha value is -2.57. The van der Waals surface area contributed by atoms with Crippen LogP contribution in [0, 0.1) is 13.5 Å². The van der Waals surface area contributed by atoms with E-state index in [0.717, 1.165) is 21.4 Å². The molecule has 30 heavy (non-hydrogen) atoms. The number of aliphatic hydroxyl groups excluding tert-OH is 2. The smallest absolute Gasteiger partial charge is 0.187 e. The number of halogens is 1. The Balaban J connectivity index is 1.76. The van der Waals surface area contributed by atoms with Crippen LogP contribution in [0.1, 0.15) is 22.5 Å². The maximum atomic E-state index is 13.3. The standard InChI is InChI=1S/C22H21BrN4O3/c1-13-21(20(30)12-26-8-7-18(28)19(29)11-26)22-17(9-14(23)10-25-22)27(13)16-5-3-15(24-2)4-6-16/h3-6,9-10,18-19,28-29H,7-8,11-12H2,1H3/t18-,19+/m0/s1. The van der Waals surface area contributed by atoms with E-state index >= 15 is 0 Å². The van der Waals surface area contributed by atoms with Crippen LogP contribution >= 0.6 is 15.9 Å². The van der Waals surface area contributed by atoms with Gasteiger partial charge in [-0.2, -0.15) is 0 Å². The summed E-state index contributed by atoms with van der Waals surface area (Å²) >= 11 is 3.46. The van der Waals surface area contributed by atoms with Crippen molar-refractivity contribution in [2.75, 3.05) is 19.6 Å². The lowest BCUT2D eigenvalue weighted by Gasteiger charge is -2.32. The van der Waals surface area contributed by atoms with Crippen LogP contribution in [0.25, 0.3) is 21.6 Å². The molecule has 1 aliphatic heterocycles. The number of aliphatic hydroxyl groups is 2. The maximum absolute atomic E-state index is 13.3. The molecule has 4 rings (SSSR count). The van der Waals surface area contributed by atoms with Gasteiger partial charge in [0.05, 0.1) is 41.9 Å². The van der Waals surface area contributed by atoms with E-state index in [4.69, 9.17) is 6.57 Å². The van der Waals surface area contributed by atoms with Crippen LogP contribution in [0.4, 0.5) is 5.69 Å². The summed E-state index contributed by atoms with van der Waals surface area (Å²) < 4.78 is 2.78. The van der Waals surface area contributed by atoms with Crippen molar-refractivity contribution in [1.29, 1.82) is 0 Å². The summed E-state index contributed by atoms with van der Waals surface area (Å²) in [5, 5.41) is 19.7. The highest BCUT2D eigenvalue weighted by Gasteiger charge is 2.29. The summed E-state index contributed by atoms with van der Waals surface area (Å²) in [5.74, 6) is -0.0764. The van der Waals surface area contributed by atoms with Gasteiger partial charge in [-0.1, -0.05) is 12.1 Å². The van der Waals surface area contributed by atoms with E-state index in [9.17, 15) is 15.0 Å². The van der Waals surface area contributed by atoms with Gasteiger partial charge in [0.2, 0.25) is 0 Å². The Morgan fingerprint density at radius 1 is 1.30 bits per heavy atom. The minimum absolute atomic E-state index is 0.0764. The molecular weight excluding hydrogens is 448 g/mol. The van der Waals surface area contributed by atoms with Crippen LogP contribution in [0.3, 0.4) is 0 Å². The molecule has 2 atom stereocenters. The number of rotatable bonds is 4. The maximum Gasteiger partial charge on any atom is 0.187 e. The van der Waals surface area contributed by atoms with Gasteiger partial charge in [-0.3, -0.25) is 14.7 Å². The Labute approximate surface area is 182 Å². The number of Topliss-reactive ketones (excluding diaryl/α,β-unsaturated/α-hetero) is 1. The molecule has 3 heterocycles. The molecule has 0 radical (unpaired) electrons. The number of hydrogen-bond acceptors (Lipinski definition) is 5. The molecule has 2 aromatic heterocycles. The van der Waals surface area contributed by atoms with Crippen molar-refractivity contribution in [2.24, 2.45) is 0 Å². The van der Waals surface area contributed by atoms with Crippen molar-refractivity contribution in [1.82, 2.24) is 14.5 Å². The Morgan fingerprint density at radius 3 is 2.70 bits per heavy atom. The van der Waals surface area contributed by atoms with Gasteiger partial charge in [-0.15, -0.1) is 0 Å². The van der Waals surface area contributed by atoms with Gasteiger partial charge in [0.15, 0.2) is 11.5 Å². The highest BCUT2D eigenvalue weighted by atomic mass is 79.9. The van der Waals surface area contributed by atoms with Gasteiger partial charge in [-0.25, -0.2) is 4.85 Å². The Bertz CT molecular complexity index is 1150. The Morgan fingerprint density at radius 2 is 2.03 bits per heavy atom. The topological polar surface area (TPSA) is 83.0 Å². The van der Waals surface area contributed by atoms with Gasteiger partial charge < -0.3 is 14.8 Å². The first kappa shape index (κ1) is 20.7. The van der Waals surface area contributed by atoms with E-state index < -0.39 is 12.2 Å². The van der Waals surface area contributed by atoms with E-state index in [2.05, 4.69) is 25.8 Å². The van der Waals surface area contributed by atoms with Crippen LogP contribution < -0.4 is 0 Å². The van der Waals surface area contributed by atoms with Crippen LogP contribution in [-0.2, 0) is 0 Å². The first-order chi connectivity index (χ1) is 14.4. The summed E-state index contributed by atoms with van der Waals surface area (Å²) in [6, 6.07) is 9.15. The van der Waals surface area contributed by atoms with Crippen molar-refractivity contribution in [3.8, 4) is 5.69 Å². The van der Waals surface area contributed by atoms with Crippen molar-refractivity contribution < 1.29 is 15.0 Å². The molecule has 8 heteroatoms. The molecule has 3 aromatic rings. The van der Waals surface area contributed by atoms with E-state index in [-0.39, 0.29) is 18.9 Å². The number of benzene rings is 1. The fourth-order valence-electron chi connectivity index (χ4n) is 4.01. The predicted molar refractivity (Wildman–Crippen MR) is 117 cm³/mol. The Kier molecular flexibility index (Phi) is 5.71.